The molecule has 0 unspecified atom stereocenters. The molecule has 6 aromatic carbocycles. The maximum Gasteiger partial charge on any atom is 0.0307 e. The molecule has 0 heterocycles. The van der Waals surface area contributed by atoms with Crippen LogP contribution in [0.5, 0.6) is 0 Å². The number of aryl methyl sites for hydroxylation is 4. The summed E-state index contributed by atoms with van der Waals surface area (Å²) in [4.78, 5) is 0. The fraction of sp³-hybridized carbons (Fsp3) is 0.167. The minimum atomic E-state index is 0. The molecule has 0 bridgehead atoms. The van der Waals surface area contributed by atoms with Crippen molar-refractivity contribution in [2.24, 2.45) is 0 Å². The fourth-order valence-corrected chi connectivity index (χ4v) is 4.99. The first-order valence-corrected chi connectivity index (χ1v) is 15.0. The van der Waals surface area contributed by atoms with Crippen LogP contribution in [-0.4, -0.2) is 9.52 Å². The quantitative estimate of drug-likeness (QED) is 0.127. The first-order valence-electron chi connectivity index (χ1n) is 13.0. The smallest absolute Gasteiger partial charge is 0.0307 e. The molecule has 0 fully saturated rings. The topological polar surface area (TPSA) is 0 Å². The summed E-state index contributed by atoms with van der Waals surface area (Å²) in [6.45, 7) is 13.0. The number of benzene rings is 4. The Morgan fingerprint density at radius 3 is 1.18 bits per heavy atom. The molecule has 38 heavy (non-hydrogen) atoms. The average molecular weight is 675 g/mol. The van der Waals surface area contributed by atoms with Gasteiger partial charge < -0.3 is 0 Å². The summed E-state index contributed by atoms with van der Waals surface area (Å²) in [5.74, 6) is 0. The second-order valence-corrected chi connectivity index (χ2v) is 10.8. The molecular formula is C36H36HfSi-2. The largest absolute Gasteiger partial charge is 0.165 e. The predicted octanol–water partition coefficient (Wildman–Crippen LogP) is 10.5. The Hall–Kier alpha value is -2.81. The van der Waals surface area contributed by atoms with E-state index in [0.29, 0.717) is 0 Å². The maximum atomic E-state index is 2.27. The molecule has 2 heteroatoms. The number of fused-ring (bicyclic) bond motifs is 2. The van der Waals surface area contributed by atoms with E-state index in [-0.39, 0.29) is 25.8 Å². The van der Waals surface area contributed by atoms with Crippen LogP contribution in [0.2, 0.25) is 13.1 Å². The van der Waals surface area contributed by atoms with E-state index >= 15 is 0 Å². The van der Waals surface area contributed by atoms with Gasteiger partial charge in [-0.3, -0.25) is 0 Å². The summed E-state index contributed by atoms with van der Waals surface area (Å²) in [7, 11) is 1.08. The zero-order chi connectivity index (χ0) is 26.4. The van der Waals surface area contributed by atoms with E-state index in [1.165, 1.54) is 66.1 Å². The summed E-state index contributed by atoms with van der Waals surface area (Å²) in [6.07, 6.45) is 0. The van der Waals surface area contributed by atoms with Crippen molar-refractivity contribution in [3.05, 3.63) is 131 Å². The number of rotatable bonds is 2. The zero-order valence-corrected chi connectivity index (χ0v) is 28.0. The number of hydrogen-bond acceptors (Lipinski definition) is 0. The van der Waals surface area contributed by atoms with Gasteiger partial charge in [0, 0.05) is 35.4 Å². The summed E-state index contributed by atoms with van der Waals surface area (Å²) in [5.41, 5.74) is 10.7. The summed E-state index contributed by atoms with van der Waals surface area (Å²) in [6, 6.07) is 39.3. The van der Waals surface area contributed by atoms with E-state index < -0.39 is 0 Å². The first-order chi connectivity index (χ1) is 17.9. The van der Waals surface area contributed by atoms with Gasteiger partial charge in [-0.15, -0.1) is 69.1 Å². The molecule has 0 aromatic heterocycles. The van der Waals surface area contributed by atoms with Crippen LogP contribution in [0.4, 0.5) is 0 Å². The van der Waals surface area contributed by atoms with Crippen molar-refractivity contribution in [1.29, 1.82) is 0 Å². The third-order valence-electron chi connectivity index (χ3n) is 6.66. The van der Waals surface area contributed by atoms with Crippen molar-refractivity contribution < 1.29 is 25.8 Å². The average Bonchev–Trinajstić information content (AvgIpc) is 3.46. The Labute approximate surface area is 250 Å². The van der Waals surface area contributed by atoms with E-state index in [4.69, 9.17) is 0 Å². The van der Waals surface area contributed by atoms with Crippen LogP contribution in [0.3, 0.4) is 0 Å². The monoisotopic (exact) mass is 676 g/mol. The van der Waals surface area contributed by atoms with Crippen LogP contribution in [-0.2, 0) is 25.8 Å². The number of hydrogen-bond donors (Lipinski definition) is 0. The van der Waals surface area contributed by atoms with Crippen molar-refractivity contribution in [2.75, 3.05) is 0 Å². The van der Waals surface area contributed by atoms with Gasteiger partial charge in [-0.1, -0.05) is 98.7 Å². The van der Waals surface area contributed by atoms with E-state index in [0.717, 1.165) is 9.52 Å². The molecule has 190 valence electrons. The van der Waals surface area contributed by atoms with Gasteiger partial charge >= 0.3 is 0 Å². The normalized spacial score (nSPS) is 10.3. The van der Waals surface area contributed by atoms with Gasteiger partial charge in [0.25, 0.3) is 0 Å². The van der Waals surface area contributed by atoms with Crippen molar-refractivity contribution in [1.82, 2.24) is 0 Å². The predicted molar refractivity (Wildman–Crippen MR) is 166 cm³/mol. The molecule has 0 saturated heterocycles. The third kappa shape index (κ3) is 6.78. The second-order valence-electron chi connectivity index (χ2n) is 9.81. The Balaban J connectivity index is 0.000000187. The van der Waals surface area contributed by atoms with Crippen LogP contribution in [0.25, 0.3) is 43.8 Å². The molecule has 2 radical (unpaired) electrons. The van der Waals surface area contributed by atoms with Crippen molar-refractivity contribution in [3.8, 4) is 22.3 Å². The van der Waals surface area contributed by atoms with E-state index in [1.807, 2.05) is 0 Å². The Morgan fingerprint density at radius 2 is 0.816 bits per heavy atom. The molecule has 0 aliphatic heterocycles. The molecular weight excluding hydrogens is 639 g/mol. The molecule has 0 aliphatic carbocycles. The van der Waals surface area contributed by atoms with Crippen LogP contribution >= 0.6 is 0 Å². The molecule has 0 nitrogen and oxygen atoms in total. The molecule has 0 saturated carbocycles. The van der Waals surface area contributed by atoms with Crippen molar-refractivity contribution >= 4 is 31.1 Å². The van der Waals surface area contributed by atoms with Crippen LogP contribution in [0, 0.1) is 27.7 Å². The van der Waals surface area contributed by atoms with Crippen LogP contribution in [0.15, 0.2) is 109 Å². The zero-order valence-electron chi connectivity index (χ0n) is 23.4. The van der Waals surface area contributed by atoms with Crippen LogP contribution < -0.4 is 0 Å². The first kappa shape index (κ1) is 29.7. The van der Waals surface area contributed by atoms with Gasteiger partial charge in [0.05, 0.1) is 0 Å². The standard InChI is InChI=1S/2C17H15.C2H6Si.Hf/c2*1-12-10-14-7-5-9-16(17(14)11-12)15-8-4-3-6-13(15)2;1-3-2;/h2*3-11H,1-2H3;1-2H3;/q2*-1;;. The minimum absolute atomic E-state index is 0. The molecule has 0 spiro atoms. The van der Waals surface area contributed by atoms with Gasteiger partial charge in [0.1, 0.15) is 0 Å². The molecule has 6 aromatic rings. The summed E-state index contributed by atoms with van der Waals surface area (Å²) < 4.78 is 0. The van der Waals surface area contributed by atoms with Gasteiger partial charge in [-0.05, 0) is 36.1 Å². The van der Waals surface area contributed by atoms with Crippen molar-refractivity contribution in [2.45, 2.75) is 40.8 Å². The minimum Gasteiger partial charge on any atom is -0.165 e. The molecule has 0 aliphatic rings. The van der Waals surface area contributed by atoms with E-state index in [2.05, 4.69) is 150 Å². The third-order valence-corrected chi connectivity index (χ3v) is 6.66. The van der Waals surface area contributed by atoms with Gasteiger partial charge in [-0.25, -0.2) is 0 Å². The Morgan fingerprint density at radius 1 is 0.474 bits per heavy atom. The molecule has 0 atom stereocenters. The second kappa shape index (κ2) is 13.8. The van der Waals surface area contributed by atoms with Crippen LogP contribution in [0.1, 0.15) is 22.3 Å². The Bertz CT molecular complexity index is 1490. The summed E-state index contributed by atoms with van der Waals surface area (Å²) in [5, 5.41) is 5.39. The molecule has 0 amide bonds. The SMILES string of the molecule is C[Si]C.Cc1cc2c(-c3ccccc3C)cccc2[cH-]1.Cc1cc2c(-c3ccccc3C)cccc2[cH-]1.[Hf]. The van der Waals surface area contributed by atoms with Gasteiger partial charge in [0.15, 0.2) is 0 Å². The van der Waals surface area contributed by atoms with Crippen molar-refractivity contribution in [3.63, 3.8) is 0 Å². The van der Waals surface area contributed by atoms with Gasteiger partial charge in [0.2, 0.25) is 0 Å². The van der Waals surface area contributed by atoms with E-state index in [1.54, 1.807) is 0 Å². The summed E-state index contributed by atoms with van der Waals surface area (Å²) >= 11 is 0. The maximum absolute atomic E-state index is 2.27. The molecule has 0 N–H and O–H groups in total. The molecule has 6 rings (SSSR count). The van der Waals surface area contributed by atoms with E-state index in [9.17, 15) is 0 Å². The Kier molecular flexibility index (Phi) is 10.8. The fourth-order valence-electron chi connectivity index (χ4n) is 4.99. The van der Waals surface area contributed by atoms with Gasteiger partial charge in [-0.2, -0.15) is 12.1 Å².